The van der Waals surface area contributed by atoms with Crippen molar-refractivity contribution in [1.82, 2.24) is 10.6 Å². The Bertz CT molecular complexity index is 691. The van der Waals surface area contributed by atoms with Gasteiger partial charge in [-0.2, -0.15) is 10.2 Å². The largest absolute Gasteiger partial charge is 0.355 e. The highest BCUT2D eigenvalue weighted by Crippen LogP contribution is 2.36. The summed E-state index contributed by atoms with van der Waals surface area (Å²) in [5.41, 5.74) is 0.346. The Morgan fingerprint density at radius 1 is 1.40 bits per heavy atom. The number of rotatable bonds is 8. The van der Waals surface area contributed by atoms with E-state index in [4.69, 9.17) is 6.42 Å². The summed E-state index contributed by atoms with van der Waals surface area (Å²) in [4.78, 5) is 12.3. The van der Waals surface area contributed by atoms with Gasteiger partial charge in [0.05, 0.1) is 6.04 Å². The molecular formula is C19H23FN4O. The minimum absolute atomic E-state index is 0.0104. The minimum atomic E-state index is -0.365. The van der Waals surface area contributed by atoms with Crippen LogP contribution in [0.5, 0.6) is 0 Å². The van der Waals surface area contributed by atoms with Crippen LogP contribution in [0, 0.1) is 24.1 Å². The zero-order valence-electron chi connectivity index (χ0n) is 14.2. The minimum Gasteiger partial charge on any atom is -0.355 e. The van der Waals surface area contributed by atoms with Gasteiger partial charge in [0.2, 0.25) is 5.91 Å². The van der Waals surface area contributed by atoms with Crippen molar-refractivity contribution in [2.75, 3.05) is 13.1 Å². The third kappa shape index (κ3) is 4.64. The summed E-state index contributed by atoms with van der Waals surface area (Å²) in [6.45, 7) is 1.26. The van der Waals surface area contributed by atoms with Crippen molar-refractivity contribution in [3.05, 3.63) is 35.6 Å². The van der Waals surface area contributed by atoms with Crippen LogP contribution in [0.25, 0.3) is 0 Å². The molecule has 1 amide bonds. The Hall–Kier alpha value is -2.26. The molecule has 0 spiro atoms. The molecule has 1 fully saturated rings. The Kier molecular flexibility index (Phi) is 5.44. The van der Waals surface area contributed by atoms with Crippen LogP contribution in [0.3, 0.4) is 0 Å². The van der Waals surface area contributed by atoms with Crippen molar-refractivity contribution in [1.29, 1.82) is 0 Å². The summed E-state index contributed by atoms with van der Waals surface area (Å²) >= 11 is 0. The lowest BCUT2D eigenvalue weighted by molar-refractivity contribution is -0.122. The normalized spacial score (nSPS) is 23.2. The average molecular weight is 342 g/mol. The van der Waals surface area contributed by atoms with Gasteiger partial charge < -0.3 is 10.6 Å². The van der Waals surface area contributed by atoms with E-state index in [1.165, 1.54) is 6.07 Å². The number of terminal acetylenes is 1. The van der Waals surface area contributed by atoms with Crippen LogP contribution < -0.4 is 10.6 Å². The van der Waals surface area contributed by atoms with Crippen LogP contribution in [0.4, 0.5) is 4.39 Å². The molecular weight excluding hydrogens is 319 g/mol. The lowest BCUT2D eigenvalue weighted by Crippen LogP contribution is -2.41. The van der Waals surface area contributed by atoms with Gasteiger partial charge in [0.1, 0.15) is 5.82 Å². The first kappa shape index (κ1) is 17.6. The van der Waals surface area contributed by atoms with Crippen molar-refractivity contribution in [3.8, 4) is 12.3 Å². The Labute approximate surface area is 147 Å². The number of carbonyl (C=O) groups excluding carboxylic acids is 1. The molecule has 5 nitrogen and oxygen atoms in total. The second-order valence-electron chi connectivity index (χ2n) is 6.79. The zero-order valence-corrected chi connectivity index (χ0v) is 14.2. The van der Waals surface area contributed by atoms with Gasteiger partial charge in [-0.1, -0.05) is 18.2 Å². The lowest BCUT2D eigenvalue weighted by atomic mass is 9.96. The molecule has 2 atom stereocenters. The molecule has 0 radical (unpaired) electrons. The number of nitrogens with zero attached hydrogens (tertiary/aromatic N) is 2. The molecule has 1 saturated heterocycles. The van der Waals surface area contributed by atoms with Gasteiger partial charge in [-0.15, -0.1) is 12.3 Å². The number of amides is 1. The topological polar surface area (TPSA) is 65.8 Å². The maximum atomic E-state index is 13.7. The summed E-state index contributed by atoms with van der Waals surface area (Å²) in [5, 5.41) is 14.3. The molecule has 1 aromatic rings. The molecule has 0 aliphatic carbocycles. The molecule has 2 heterocycles. The van der Waals surface area contributed by atoms with Gasteiger partial charge in [0, 0.05) is 25.8 Å². The van der Waals surface area contributed by atoms with Crippen LogP contribution in [0.1, 0.15) is 31.2 Å². The predicted molar refractivity (Wildman–Crippen MR) is 93.3 cm³/mol. The number of hydrogen-bond acceptors (Lipinski definition) is 4. The van der Waals surface area contributed by atoms with Crippen LogP contribution >= 0.6 is 0 Å². The van der Waals surface area contributed by atoms with E-state index in [2.05, 4.69) is 26.8 Å². The number of halogens is 1. The number of hydrogen-bond donors (Lipinski definition) is 2. The van der Waals surface area contributed by atoms with Gasteiger partial charge >= 0.3 is 0 Å². The molecule has 2 aliphatic heterocycles. The highest BCUT2D eigenvalue weighted by molar-refractivity contribution is 5.82. The van der Waals surface area contributed by atoms with Crippen molar-refractivity contribution >= 4 is 5.91 Å². The second kappa shape index (κ2) is 7.75. The zero-order chi connectivity index (χ0) is 17.7. The van der Waals surface area contributed by atoms with E-state index in [9.17, 15) is 9.18 Å². The Morgan fingerprint density at radius 3 is 2.92 bits per heavy atom. The highest BCUT2D eigenvalue weighted by Gasteiger charge is 2.39. The molecule has 0 unspecified atom stereocenters. The van der Waals surface area contributed by atoms with E-state index in [1.54, 1.807) is 12.1 Å². The first-order valence-corrected chi connectivity index (χ1v) is 8.74. The first-order chi connectivity index (χ1) is 12.1. The lowest BCUT2D eigenvalue weighted by Gasteiger charge is -2.13. The van der Waals surface area contributed by atoms with Gasteiger partial charge in [0.15, 0.2) is 5.66 Å². The fourth-order valence-corrected chi connectivity index (χ4v) is 3.32. The van der Waals surface area contributed by atoms with E-state index in [-0.39, 0.29) is 29.3 Å². The Balaban J connectivity index is 1.39. The fourth-order valence-electron chi connectivity index (χ4n) is 3.32. The maximum absolute atomic E-state index is 13.7. The third-order valence-electron chi connectivity index (χ3n) is 4.88. The van der Waals surface area contributed by atoms with E-state index in [1.807, 2.05) is 6.07 Å². The van der Waals surface area contributed by atoms with E-state index >= 15 is 0 Å². The van der Waals surface area contributed by atoms with Crippen LogP contribution in [0.15, 0.2) is 34.5 Å². The molecule has 0 saturated carbocycles. The van der Waals surface area contributed by atoms with Crippen LogP contribution in [0.2, 0.25) is 0 Å². The van der Waals surface area contributed by atoms with Gasteiger partial charge in [-0.3, -0.25) is 4.79 Å². The summed E-state index contributed by atoms with van der Waals surface area (Å²) in [5.74, 6) is 2.67. The molecule has 1 aromatic carbocycles. The van der Waals surface area contributed by atoms with Crippen LogP contribution in [-0.2, 0) is 11.2 Å². The number of carbonyl (C=O) groups is 1. The van der Waals surface area contributed by atoms with Crippen molar-refractivity contribution in [3.63, 3.8) is 0 Å². The van der Waals surface area contributed by atoms with Crippen molar-refractivity contribution in [2.24, 2.45) is 16.1 Å². The molecule has 0 aromatic heterocycles. The third-order valence-corrected chi connectivity index (χ3v) is 4.88. The van der Waals surface area contributed by atoms with Gasteiger partial charge in [-0.25, -0.2) is 4.39 Å². The molecule has 2 N–H and O–H groups in total. The summed E-state index contributed by atoms with van der Waals surface area (Å²) in [6.07, 6.45) is 8.70. The standard InChI is InChI=1S/C19H23FN4O/c1-2-3-8-19(23-24-19)9-10-21-18(25)17-12-14(13-22-17)11-15-6-4-5-7-16(15)20/h1,4-7,14,17,22H,3,8-13H2,(H,21,25)/t14-,17+/m1/s1. The van der Waals surface area contributed by atoms with Crippen molar-refractivity contribution in [2.45, 2.75) is 43.8 Å². The first-order valence-electron chi connectivity index (χ1n) is 8.74. The molecule has 3 rings (SSSR count). The molecule has 132 valence electrons. The SMILES string of the molecule is C#CCCC1(CCNC(=O)[C@@H]2C[C@@H](Cc3ccccc3F)CN2)N=N1. The monoisotopic (exact) mass is 342 g/mol. The van der Waals surface area contributed by atoms with Crippen molar-refractivity contribution < 1.29 is 9.18 Å². The number of benzene rings is 1. The predicted octanol–water partition coefficient (Wildman–Crippen LogP) is 2.43. The molecule has 6 heteroatoms. The second-order valence-corrected chi connectivity index (χ2v) is 6.79. The highest BCUT2D eigenvalue weighted by atomic mass is 19.1. The van der Waals surface area contributed by atoms with E-state index < -0.39 is 0 Å². The number of nitrogens with one attached hydrogen (secondary N) is 2. The van der Waals surface area contributed by atoms with E-state index in [0.717, 1.165) is 19.4 Å². The summed E-state index contributed by atoms with van der Waals surface area (Å²) < 4.78 is 13.7. The molecule has 2 aliphatic rings. The smallest absolute Gasteiger partial charge is 0.237 e. The fraction of sp³-hybridized carbons (Fsp3) is 0.526. The summed E-state index contributed by atoms with van der Waals surface area (Å²) in [6, 6.07) is 6.60. The quantitative estimate of drug-likeness (QED) is 0.713. The average Bonchev–Trinajstić information content (AvgIpc) is 3.22. The molecule has 0 bridgehead atoms. The van der Waals surface area contributed by atoms with E-state index in [0.29, 0.717) is 31.4 Å². The Morgan fingerprint density at radius 2 is 2.20 bits per heavy atom. The summed E-state index contributed by atoms with van der Waals surface area (Å²) in [7, 11) is 0. The maximum Gasteiger partial charge on any atom is 0.237 e. The molecule has 25 heavy (non-hydrogen) atoms. The van der Waals surface area contributed by atoms with Gasteiger partial charge in [0.25, 0.3) is 0 Å². The van der Waals surface area contributed by atoms with Crippen LogP contribution in [-0.4, -0.2) is 30.7 Å². The van der Waals surface area contributed by atoms with Gasteiger partial charge in [-0.05, 0) is 36.9 Å².